The molecule has 0 aliphatic rings. The smallest absolute Gasteiger partial charge is 0.349 e. The normalized spacial score (nSPS) is 11.3. The van der Waals surface area contributed by atoms with Gasteiger partial charge in [0, 0.05) is 0 Å². The van der Waals surface area contributed by atoms with Gasteiger partial charge in [0.05, 0.1) is 33.4 Å². The average molecular weight is 481 g/mol. The van der Waals surface area contributed by atoms with Gasteiger partial charge >= 0.3 is 5.69 Å². The number of aromatic nitrogens is 3. The number of aromatic hydroxyl groups is 1. The highest BCUT2D eigenvalue weighted by Crippen LogP contribution is 2.38. The number of aliphatic hydroxyl groups is 1. The number of nitrogens with zero attached hydrogens (tertiary/aromatic N) is 2. The summed E-state index contributed by atoms with van der Waals surface area (Å²) < 4.78 is 6.61. The molecule has 0 aliphatic carbocycles. The summed E-state index contributed by atoms with van der Waals surface area (Å²) in [5.74, 6) is -0.740. The Morgan fingerprint density at radius 3 is 2.47 bits per heavy atom. The Hall–Kier alpha value is -3.34. The Labute approximate surface area is 191 Å². The highest BCUT2D eigenvalue weighted by atomic mass is 35.5. The summed E-state index contributed by atoms with van der Waals surface area (Å²) in [4.78, 5) is 37.7. The summed E-state index contributed by atoms with van der Waals surface area (Å²) in [5, 5.41) is 25.8. The molecule has 12 heteroatoms. The maximum atomic E-state index is 12.5. The van der Waals surface area contributed by atoms with Gasteiger partial charge in [0.1, 0.15) is 17.7 Å². The van der Waals surface area contributed by atoms with E-state index in [0.717, 1.165) is 10.9 Å². The number of amides is 1. The Morgan fingerprint density at radius 1 is 1.22 bits per heavy atom. The minimum atomic E-state index is -0.906. The van der Waals surface area contributed by atoms with Crippen LogP contribution in [-0.4, -0.2) is 43.0 Å². The minimum absolute atomic E-state index is 0.0212. The highest BCUT2D eigenvalue weighted by Gasteiger charge is 2.23. The number of phenols is 1. The lowest BCUT2D eigenvalue weighted by Crippen LogP contribution is -2.46. The van der Waals surface area contributed by atoms with E-state index in [9.17, 15) is 24.6 Å². The number of hydrogen-bond donors (Lipinski definition) is 4. The SMILES string of the molecule is CC(C)(CO)NC(=O)c1cc(Oc2c(Cl)cc(-n3ncc(=O)[nH]c3=O)cc2Cl)ccc1O. The molecule has 0 bridgehead atoms. The van der Waals surface area contributed by atoms with Crippen molar-refractivity contribution in [2.45, 2.75) is 19.4 Å². The van der Waals surface area contributed by atoms with Gasteiger partial charge in [-0.15, -0.1) is 0 Å². The van der Waals surface area contributed by atoms with Crippen molar-refractivity contribution in [2.24, 2.45) is 0 Å². The van der Waals surface area contributed by atoms with Crippen LogP contribution in [0.15, 0.2) is 46.1 Å². The van der Waals surface area contributed by atoms with Crippen LogP contribution in [0.25, 0.3) is 5.69 Å². The lowest BCUT2D eigenvalue weighted by Gasteiger charge is -2.23. The predicted molar refractivity (Wildman–Crippen MR) is 117 cm³/mol. The fourth-order valence-corrected chi connectivity index (χ4v) is 3.15. The Balaban J connectivity index is 1.93. The summed E-state index contributed by atoms with van der Waals surface area (Å²) >= 11 is 12.6. The molecule has 0 unspecified atom stereocenters. The van der Waals surface area contributed by atoms with Gasteiger partial charge in [-0.25, -0.2) is 4.79 Å². The number of H-pyrrole nitrogens is 1. The van der Waals surface area contributed by atoms with E-state index in [4.69, 9.17) is 27.9 Å². The molecule has 4 N–H and O–H groups in total. The number of nitrogens with one attached hydrogen (secondary N) is 2. The van der Waals surface area contributed by atoms with Crippen LogP contribution >= 0.6 is 23.2 Å². The standard InChI is InChI=1S/C20H18Cl2N4O6/c1-20(2,9-27)25-18(30)12-7-11(3-4-15(12)28)32-17-13(21)5-10(6-14(17)22)26-19(31)24-16(29)8-23-26/h3-8,27-28H,9H2,1-2H3,(H,25,30)(H,24,29,31). The third kappa shape index (κ3) is 5.10. The molecule has 10 nitrogen and oxygen atoms in total. The topological polar surface area (TPSA) is 147 Å². The largest absolute Gasteiger partial charge is 0.507 e. The maximum absolute atomic E-state index is 12.5. The van der Waals surface area contributed by atoms with E-state index in [1.54, 1.807) is 13.8 Å². The van der Waals surface area contributed by atoms with E-state index in [1.807, 2.05) is 0 Å². The zero-order chi connectivity index (χ0) is 23.6. The molecule has 3 rings (SSSR count). The predicted octanol–water partition coefficient (Wildman–Crippen LogP) is 2.23. The van der Waals surface area contributed by atoms with Crippen LogP contribution in [0.2, 0.25) is 10.0 Å². The average Bonchev–Trinajstić information content (AvgIpc) is 2.71. The molecule has 0 spiro atoms. The first kappa shape index (κ1) is 23.3. The Kier molecular flexibility index (Phi) is 6.58. The van der Waals surface area contributed by atoms with E-state index >= 15 is 0 Å². The molecule has 32 heavy (non-hydrogen) atoms. The van der Waals surface area contributed by atoms with Gasteiger partial charge in [-0.2, -0.15) is 9.78 Å². The molecule has 0 fully saturated rings. The minimum Gasteiger partial charge on any atom is -0.507 e. The number of phenolic OH excluding ortho intramolecular Hbond substituents is 1. The molecule has 1 heterocycles. The van der Waals surface area contributed by atoms with E-state index in [1.165, 1.54) is 30.3 Å². The van der Waals surface area contributed by atoms with Crippen molar-refractivity contribution in [1.29, 1.82) is 0 Å². The summed E-state index contributed by atoms with van der Waals surface area (Å²) in [6, 6.07) is 6.65. The van der Waals surface area contributed by atoms with Crippen molar-refractivity contribution in [3.8, 4) is 22.9 Å². The third-order valence-corrected chi connectivity index (χ3v) is 4.78. The van der Waals surface area contributed by atoms with Crippen molar-refractivity contribution in [3.05, 3.63) is 73.0 Å². The van der Waals surface area contributed by atoms with Crippen molar-refractivity contribution in [3.63, 3.8) is 0 Å². The molecule has 2 aromatic carbocycles. The van der Waals surface area contributed by atoms with Crippen LogP contribution in [0, 0.1) is 0 Å². The van der Waals surface area contributed by atoms with Gasteiger partial charge in [-0.05, 0) is 44.2 Å². The van der Waals surface area contributed by atoms with Gasteiger partial charge in [0.2, 0.25) is 0 Å². The highest BCUT2D eigenvalue weighted by molar-refractivity contribution is 6.37. The number of benzene rings is 2. The van der Waals surface area contributed by atoms with Crippen LogP contribution in [-0.2, 0) is 0 Å². The second kappa shape index (κ2) is 9.03. The lowest BCUT2D eigenvalue weighted by molar-refractivity contribution is 0.0866. The Morgan fingerprint density at radius 2 is 1.88 bits per heavy atom. The molecule has 0 saturated carbocycles. The van der Waals surface area contributed by atoms with Crippen LogP contribution in [0.3, 0.4) is 0 Å². The first-order valence-electron chi connectivity index (χ1n) is 9.13. The van der Waals surface area contributed by atoms with Crippen molar-refractivity contribution in [1.82, 2.24) is 20.1 Å². The van der Waals surface area contributed by atoms with Gasteiger partial charge in [0.15, 0.2) is 5.75 Å². The van der Waals surface area contributed by atoms with Gasteiger partial charge < -0.3 is 20.3 Å². The molecular formula is C20H18Cl2N4O6. The summed E-state index contributed by atoms with van der Waals surface area (Å²) in [6.45, 7) is 2.93. The maximum Gasteiger partial charge on any atom is 0.349 e. The number of ether oxygens (including phenoxy) is 1. The quantitative estimate of drug-likeness (QED) is 0.422. The van der Waals surface area contributed by atoms with Crippen LogP contribution < -0.4 is 21.3 Å². The molecular weight excluding hydrogens is 463 g/mol. The lowest BCUT2D eigenvalue weighted by atomic mass is 10.1. The summed E-state index contributed by atoms with van der Waals surface area (Å²) in [5.41, 5.74) is -2.24. The molecule has 0 atom stereocenters. The van der Waals surface area contributed by atoms with Gasteiger partial charge in [-0.1, -0.05) is 23.2 Å². The van der Waals surface area contributed by atoms with E-state index in [-0.39, 0.29) is 45.2 Å². The zero-order valence-electron chi connectivity index (χ0n) is 16.8. The number of aliphatic hydroxyl groups excluding tert-OH is 1. The fourth-order valence-electron chi connectivity index (χ4n) is 2.60. The number of carbonyl (C=O) groups excluding carboxylic acids is 1. The van der Waals surface area contributed by atoms with Crippen LogP contribution in [0.5, 0.6) is 17.2 Å². The van der Waals surface area contributed by atoms with Gasteiger partial charge in [-0.3, -0.25) is 14.6 Å². The number of rotatable bonds is 6. The molecule has 3 aromatic rings. The molecule has 0 aliphatic heterocycles. The first-order valence-corrected chi connectivity index (χ1v) is 9.88. The number of halogens is 2. The molecule has 1 amide bonds. The molecule has 0 saturated heterocycles. The van der Waals surface area contributed by atoms with Crippen LogP contribution in [0.1, 0.15) is 24.2 Å². The van der Waals surface area contributed by atoms with E-state index in [2.05, 4.69) is 15.4 Å². The van der Waals surface area contributed by atoms with Crippen LogP contribution in [0.4, 0.5) is 0 Å². The van der Waals surface area contributed by atoms with Crippen molar-refractivity contribution >= 4 is 29.1 Å². The Bertz CT molecular complexity index is 1280. The molecule has 0 radical (unpaired) electrons. The number of carbonyl (C=O) groups is 1. The molecule has 1 aromatic heterocycles. The zero-order valence-corrected chi connectivity index (χ0v) is 18.4. The van der Waals surface area contributed by atoms with E-state index in [0.29, 0.717) is 0 Å². The third-order valence-electron chi connectivity index (χ3n) is 4.22. The summed E-state index contributed by atoms with van der Waals surface area (Å²) in [7, 11) is 0. The van der Waals surface area contributed by atoms with Crippen molar-refractivity contribution < 1.29 is 19.7 Å². The summed E-state index contributed by atoms with van der Waals surface area (Å²) in [6.07, 6.45) is 0.925. The number of hydrogen-bond acceptors (Lipinski definition) is 7. The fraction of sp³-hybridized carbons (Fsp3) is 0.200. The van der Waals surface area contributed by atoms with E-state index < -0.39 is 22.7 Å². The monoisotopic (exact) mass is 480 g/mol. The van der Waals surface area contributed by atoms with Gasteiger partial charge in [0.25, 0.3) is 11.5 Å². The molecule has 168 valence electrons. The second-order valence-electron chi connectivity index (χ2n) is 7.37. The van der Waals surface area contributed by atoms with Crippen molar-refractivity contribution in [2.75, 3.05) is 6.61 Å². The first-order chi connectivity index (χ1) is 15.0. The number of aromatic amines is 1. The second-order valence-corrected chi connectivity index (χ2v) is 8.18.